The fraction of sp³-hybridized carbons (Fsp3) is 0.379. The lowest BCUT2D eigenvalue weighted by Gasteiger charge is -2.42. The number of cyclic esters (lactones) is 1. The summed E-state index contributed by atoms with van der Waals surface area (Å²) >= 11 is 7.93. The average Bonchev–Trinajstić information content (AvgIpc) is 4.39. The van der Waals surface area contributed by atoms with Gasteiger partial charge in [0.2, 0.25) is 0 Å². The summed E-state index contributed by atoms with van der Waals surface area (Å²) in [6.45, 7) is 12.8. The van der Waals surface area contributed by atoms with Crippen LogP contribution in [0.1, 0.15) is 93.0 Å². The lowest BCUT2D eigenvalue weighted by Crippen LogP contribution is -2.56. The van der Waals surface area contributed by atoms with Crippen LogP contribution < -0.4 is 25.7 Å². The molecule has 0 saturated carbocycles. The van der Waals surface area contributed by atoms with Gasteiger partial charge in [0.25, 0.3) is 11.5 Å². The summed E-state index contributed by atoms with van der Waals surface area (Å²) in [6.07, 6.45) is 4.24. The van der Waals surface area contributed by atoms with E-state index in [0.717, 1.165) is 66.6 Å². The number of esters is 1. The van der Waals surface area contributed by atoms with E-state index in [9.17, 15) is 24.9 Å². The molecule has 3 saturated heterocycles. The van der Waals surface area contributed by atoms with Gasteiger partial charge in [-0.2, -0.15) is 20.5 Å². The molecule has 5 aliphatic rings. The van der Waals surface area contributed by atoms with Crippen molar-refractivity contribution in [1.82, 2.24) is 29.3 Å². The van der Waals surface area contributed by atoms with Gasteiger partial charge in [-0.1, -0.05) is 38.1 Å². The van der Waals surface area contributed by atoms with Crippen molar-refractivity contribution in [3.8, 4) is 46.4 Å². The number of ether oxygens (including phenoxy) is 3. The van der Waals surface area contributed by atoms with Gasteiger partial charge in [-0.25, -0.2) is 13.8 Å². The van der Waals surface area contributed by atoms with E-state index < -0.39 is 35.6 Å². The number of nitrogens with two attached hydrogens (primary N) is 1. The van der Waals surface area contributed by atoms with Gasteiger partial charge < -0.3 is 34.3 Å². The molecule has 9 heterocycles. The van der Waals surface area contributed by atoms with Crippen molar-refractivity contribution < 1.29 is 32.6 Å². The van der Waals surface area contributed by atoms with Crippen LogP contribution in [0.2, 0.25) is 5.02 Å². The molecule has 3 atom stereocenters. The number of carbonyl (C=O) groups is 2. The molecule has 20 heteroatoms. The molecule has 1 amide bonds. The van der Waals surface area contributed by atoms with E-state index in [2.05, 4.69) is 22.5 Å². The number of anilines is 2. The third-order valence-electron chi connectivity index (χ3n) is 16.7. The van der Waals surface area contributed by atoms with Crippen LogP contribution in [0, 0.1) is 34.3 Å². The van der Waals surface area contributed by atoms with Gasteiger partial charge in [-0.05, 0) is 112 Å². The number of fused-ring (bicyclic) bond motifs is 8. The summed E-state index contributed by atoms with van der Waals surface area (Å²) in [6, 6.07) is 15.1. The molecule has 398 valence electrons. The minimum Gasteiger partial charge on any atom is -0.486 e. The standard InChI is InChI=1S/C58H53ClF2N10O6S/c1-5-33-37-21-32(9-12-44(37)65-49-40(33)26-71-45(49)23-36-34(6-2)56(74)75-27-41(36)55(71)73)77-30(4)29(3)54(72)70-20-19-68(25-31(70)13-16-62)53-38-22-42(59)47(35-10-11-43(60)51-46(35)39(24-63)52(64)78-51)48(61)50(38)66-57(67-53)76-28-58-14-7-17-69(58)18-8-15-58/h9-12,21-23,30-31,34H,3,5-8,13-15,17-20,25-28,64H2,1-2,4H3/t30?,31-,34?/m0/s1. The average molecular weight is 1090 g/mol. The molecule has 5 aliphatic heterocycles. The molecule has 78 heavy (non-hydrogen) atoms. The molecule has 0 bridgehead atoms. The Hall–Kier alpha value is -7.71. The summed E-state index contributed by atoms with van der Waals surface area (Å²) in [7, 11) is 0. The molecule has 3 fully saturated rings. The maximum absolute atomic E-state index is 17.6. The molecule has 7 aromatic rings. The number of aryl methyl sites for hydroxylation is 1. The summed E-state index contributed by atoms with van der Waals surface area (Å²) in [5.41, 5.74) is 11.1. The largest absolute Gasteiger partial charge is 0.486 e. The Bertz CT molecular complexity index is 3900. The van der Waals surface area contributed by atoms with Gasteiger partial charge in [0.1, 0.15) is 53.3 Å². The molecule has 3 aromatic carbocycles. The Labute approximate surface area is 456 Å². The molecular weight excluding hydrogens is 1040 g/mol. The molecule has 12 rings (SSSR count). The normalized spacial score (nSPS) is 18.8. The topological polar surface area (TPSA) is 206 Å². The SMILES string of the molecule is C=C(C(=O)N1CCN(c2nc(OCC34CCCN3CCC4)nc3c(F)c(-c4ccc(F)c5sc(N)c(C#N)c45)c(Cl)cc23)C[C@@H]1CC#N)C(C)Oc1ccc2nc3c(c(CC)c2c1)Cn1c-3cc2c(c1=O)COC(=O)C2CC. The summed E-state index contributed by atoms with van der Waals surface area (Å²) in [5.74, 6) is -1.93. The van der Waals surface area contributed by atoms with Gasteiger partial charge in [-0.15, -0.1) is 11.3 Å². The summed E-state index contributed by atoms with van der Waals surface area (Å²) in [4.78, 5) is 61.7. The number of carbonyl (C=O) groups excluding carboxylic acids is 2. The highest BCUT2D eigenvalue weighted by Gasteiger charge is 2.45. The minimum absolute atomic E-state index is 0.0118. The van der Waals surface area contributed by atoms with Crippen LogP contribution in [-0.4, -0.2) is 98.2 Å². The van der Waals surface area contributed by atoms with E-state index in [1.807, 2.05) is 43.0 Å². The van der Waals surface area contributed by atoms with Crippen molar-refractivity contribution in [3.05, 3.63) is 109 Å². The van der Waals surface area contributed by atoms with E-state index in [-0.39, 0.29) is 121 Å². The molecule has 2 unspecified atom stereocenters. The van der Waals surface area contributed by atoms with Crippen molar-refractivity contribution in [2.75, 3.05) is 50.0 Å². The van der Waals surface area contributed by atoms with Crippen LogP contribution in [0.4, 0.5) is 19.6 Å². The van der Waals surface area contributed by atoms with Crippen molar-refractivity contribution in [3.63, 3.8) is 0 Å². The zero-order valence-corrected chi connectivity index (χ0v) is 44.8. The first-order chi connectivity index (χ1) is 37.7. The monoisotopic (exact) mass is 1090 g/mol. The van der Waals surface area contributed by atoms with Crippen LogP contribution in [-0.2, 0) is 33.9 Å². The van der Waals surface area contributed by atoms with E-state index in [1.54, 1.807) is 28.5 Å². The van der Waals surface area contributed by atoms with Crippen molar-refractivity contribution in [1.29, 1.82) is 10.5 Å². The molecule has 0 aliphatic carbocycles. The number of nitrogen functional groups attached to an aromatic ring is 1. The molecule has 0 radical (unpaired) electrons. The maximum Gasteiger partial charge on any atom is 0.319 e. The first-order valence-corrected chi connectivity index (χ1v) is 27.5. The highest BCUT2D eigenvalue weighted by Crippen LogP contribution is 2.47. The number of nitrogens with zero attached hydrogens (tertiary/aromatic N) is 9. The first kappa shape index (κ1) is 51.1. The van der Waals surface area contributed by atoms with E-state index >= 15 is 8.78 Å². The van der Waals surface area contributed by atoms with Gasteiger partial charge in [-0.3, -0.25) is 19.3 Å². The highest BCUT2D eigenvalue weighted by atomic mass is 35.5. The first-order valence-electron chi connectivity index (χ1n) is 26.3. The van der Waals surface area contributed by atoms with Gasteiger partial charge in [0, 0.05) is 52.5 Å². The number of halogens is 3. The van der Waals surface area contributed by atoms with Crippen LogP contribution >= 0.6 is 22.9 Å². The number of hydrogen-bond donors (Lipinski definition) is 1. The zero-order valence-electron chi connectivity index (χ0n) is 43.2. The van der Waals surface area contributed by atoms with Crippen molar-refractivity contribution in [2.45, 2.75) is 102 Å². The smallest absolute Gasteiger partial charge is 0.319 e. The summed E-state index contributed by atoms with van der Waals surface area (Å²) in [5, 5.41) is 21.6. The quantitative estimate of drug-likeness (QED) is 0.0893. The van der Waals surface area contributed by atoms with Crippen LogP contribution in [0.25, 0.3) is 54.4 Å². The van der Waals surface area contributed by atoms with Crippen LogP contribution in [0.3, 0.4) is 0 Å². The van der Waals surface area contributed by atoms with Crippen molar-refractivity contribution >= 4 is 77.5 Å². The van der Waals surface area contributed by atoms with Crippen LogP contribution in [0.5, 0.6) is 11.8 Å². The lowest BCUT2D eigenvalue weighted by atomic mass is 9.90. The third-order valence-corrected chi connectivity index (χ3v) is 18.0. The number of amides is 1. The number of hydrogen-bond acceptors (Lipinski definition) is 15. The number of aromatic nitrogens is 4. The second kappa shape index (κ2) is 19.6. The number of benzene rings is 3. The fourth-order valence-electron chi connectivity index (χ4n) is 12.7. The fourth-order valence-corrected chi connectivity index (χ4v) is 14.0. The van der Waals surface area contributed by atoms with E-state index in [1.165, 1.54) is 12.1 Å². The molecule has 4 aromatic heterocycles. The lowest BCUT2D eigenvalue weighted by molar-refractivity contribution is -0.148. The molecular formula is C58H53ClF2N10O6S. The van der Waals surface area contributed by atoms with E-state index in [0.29, 0.717) is 53.2 Å². The van der Waals surface area contributed by atoms with Crippen molar-refractivity contribution in [2.24, 2.45) is 0 Å². The second-order valence-electron chi connectivity index (χ2n) is 20.9. The minimum atomic E-state index is -0.833. The predicted molar refractivity (Wildman–Crippen MR) is 293 cm³/mol. The molecule has 2 N–H and O–H groups in total. The number of piperazine rings is 1. The van der Waals surface area contributed by atoms with Crippen LogP contribution in [0.15, 0.2) is 59.4 Å². The van der Waals surface area contributed by atoms with E-state index in [4.69, 9.17) is 41.5 Å². The Morgan fingerprint density at radius 1 is 1.04 bits per heavy atom. The zero-order chi connectivity index (χ0) is 54.5. The maximum atomic E-state index is 17.6. The Balaban J connectivity index is 0.826. The summed E-state index contributed by atoms with van der Waals surface area (Å²) < 4.78 is 52.9. The number of nitriles is 2. The van der Waals surface area contributed by atoms with Gasteiger partial charge in [0.05, 0.1) is 74.3 Å². The number of pyridine rings is 2. The highest BCUT2D eigenvalue weighted by molar-refractivity contribution is 7.23. The Kier molecular flexibility index (Phi) is 12.9. The Morgan fingerprint density at radius 3 is 2.58 bits per heavy atom. The molecule has 0 spiro atoms. The van der Waals surface area contributed by atoms with Gasteiger partial charge in [0.15, 0.2) is 5.82 Å². The second-order valence-corrected chi connectivity index (χ2v) is 22.3. The van der Waals surface area contributed by atoms with Gasteiger partial charge >= 0.3 is 12.0 Å². The predicted octanol–water partition coefficient (Wildman–Crippen LogP) is 9.71. The molecule has 16 nitrogen and oxygen atoms in total. The number of rotatable bonds is 12. The third kappa shape index (κ3) is 8.11. The number of thiophene rings is 1. The Morgan fingerprint density at radius 2 is 1.83 bits per heavy atom.